The third-order valence-corrected chi connectivity index (χ3v) is 12.3. The molecule has 4 aliphatic rings. The third-order valence-electron chi connectivity index (χ3n) is 11.0. The lowest BCUT2D eigenvalue weighted by Crippen LogP contribution is -2.65. The lowest BCUT2D eigenvalue weighted by Gasteiger charge is -2.63. The molecule has 1 amide bonds. The van der Waals surface area contributed by atoms with Gasteiger partial charge in [0, 0.05) is 42.4 Å². The summed E-state index contributed by atoms with van der Waals surface area (Å²) < 4.78 is 42.6. The molecule has 1 aromatic heterocycles. The number of nitrogens with one attached hydrogen (secondary N) is 1. The first kappa shape index (κ1) is 34.9. The summed E-state index contributed by atoms with van der Waals surface area (Å²) in [6.07, 6.45) is 5.31. The van der Waals surface area contributed by atoms with Crippen molar-refractivity contribution in [2.75, 3.05) is 24.4 Å². The number of hydrogen-bond donors (Lipinski definition) is 1. The molecule has 2 aliphatic heterocycles. The quantitative estimate of drug-likeness (QED) is 0.323. The number of aromatic nitrogens is 2. The molecule has 3 aromatic rings. The lowest BCUT2D eigenvalue weighted by molar-refractivity contribution is -0.143. The van der Waals surface area contributed by atoms with Gasteiger partial charge in [-0.2, -0.15) is 4.98 Å². The van der Waals surface area contributed by atoms with E-state index in [-0.39, 0.29) is 64.4 Å². The second-order valence-corrected chi connectivity index (χ2v) is 18.3. The lowest BCUT2D eigenvalue weighted by atomic mass is 9.51. The molecule has 7 rings (SSSR count). The highest BCUT2D eigenvalue weighted by molar-refractivity contribution is 7.92. The number of carbonyl (C=O) groups is 1. The highest BCUT2D eigenvalue weighted by atomic mass is 32.2. The number of morpholine rings is 1. The zero-order chi connectivity index (χ0) is 35.6. The van der Waals surface area contributed by atoms with Gasteiger partial charge in [0.05, 0.1) is 28.8 Å². The van der Waals surface area contributed by atoms with Gasteiger partial charge in [-0.3, -0.25) is 9.69 Å². The molecule has 50 heavy (non-hydrogen) atoms. The summed E-state index contributed by atoms with van der Waals surface area (Å²) >= 11 is 0. The number of rotatable bonds is 4. The van der Waals surface area contributed by atoms with Crippen molar-refractivity contribution < 1.29 is 22.7 Å². The van der Waals surface area contributed by atoms with Crippen molar-refractivity contribution in [3.63, 3.8) is 0 Å². The van der Waals surface area contributed by atoms with Crippen LogP contribution >= 0.6 is 0 Å². The predicted molar refractivity (Wildman–Crippen MR) is 194 cm³/mol. The van der Waals surface area contributed by atoms with E-state index < -0.39 is 10.0 Å². The molecule has 0 unspecified atom stereocenters. The number of amides is 1. The Morgan fingerprint density at radius 3 is 2.22 bits per heavy atom. The fraction of sp³-hybridized carbons (Fsp3) is 0.564. The highest BCUT2D eigenvalue weighted by Gasteiger charge is 2.57. The van der Waals surface area contributed by atoms with Gasteiger partial charge < -0.3 is 14.4 Å². The topological polar surface area (TPSA) is 114 Å². The molecule has 2 aliphatic carbocycles. The van der Waals surface area contributed by atoms with Crippen LogP contribution in [0.3, 0.4) is 0 Å². The van der Waals surface area contributed by atoms with Crippen LogP contribution in [-0.4, -0.2) is 84.1 Å². The van der Waals surface area contributed by atoms with Gasteiger partial charge in [0.15, 0.2) is 0 Å². The molecule has 0 radical (unpaired) electrons. The average molecular weight is 702 g/mol. The molecule has 3 atom stereocenters. The number of hydrogen-bond acceptors (Lipinski definition) is 8. The van der Waals surface area contributed by atoms with Gasteiger partial charge in [-0.1, -0.05) is 45.0 Å². The molecule has 11 heteroatoms. The fourth-order valence-corrected chi connectivity index (χ4v) is 9.94. The van der Waals surface area contributed by atoms with Crippen molar-refractivity contribution in [1.82, 2.24) is 19.8 Å². The van der Waals surface area contributed by atoms with Crippen LogP contribution in [0.15, 0.2) is 53.4 Å². The van der Waals surface area contributed by atoms with Gasteiger partial charge in [0.1, 0.15) is 6.61 Å². The fourth-order valence-electron chi connectivity index (χ4n) is 8.96. The van der Waals surface area contributed by atoms with Crippen molar-refractivity contribution in [3.05, 3.63) is 65.2 Å². The van der Waals surface area contributed by atoms with E-state index in [2.05, 4.69) is 54.2 Å². The average Bonchev–Trinajstić information content (AvgIpc) is 2.98. The van der Waals surface area contributed by atoms with Crippen molar-refractivity contribution in [1.29, 1.82) is 0 Å². The van der Waals surface area contributed by atoms with Gasteiger partial charge in [-0.05, 0) is 100.0 Å². The maximum absolute atomic E-state index is 14.7. The smallest absolute Gasteiger partial charge is 0.264 e. The number of nitrogens with zero attached hydrogens (tertiary/aromatic N) is 4. The number of anilines is 1. The maximum atomic E-state index is 14.7. The normalized spacial score (nSPS) is 29.8. The minimum atomic E-state index is -4.13. The van der Waals surface area contributed by atoms with E-state index in [1.54, 1.807) is 18.2 Å². The van der Waals surface area contributed by atoms with Crippen LogP contribution < -0.4 is 9.46 Å². The second-order valence-electron chi connectivity index (χ2n) is 16.6. The molecule has 1 N–H and O–H groups in total. The van der Waals surface area contributed by atoms with Crippen LogP contribution in [0.4, 0.5) is 5.95 Å². The maximum Gasteiger partial charge on any atom is 0.264 e. The minimum absolute atomic E-state index is 0.0145. The van der Waals surface area contributed by atoms with Crippen LogP contribution in [0, 0.1) is 24.7 Å². The van der Waals surface area contributed by atoms with Gasteiger partial charge >= 0.3 is 0 Å². The molecule has 3 heterocycles. The zero-order valence-corrected chi connectivity index (χ0v) is 31.2. The SMILES string of the molecule is Cc1cccc(C)c1-c1cc2nc(n1)NS(=O)(=O)c1cccc(c1)C(=O)N(C1CC3(CC(N4C[C@@H](C)O[C@@H](C)C4)C3)C1)[C@H](CC(C)(C)C)CO2. The van der Waals surface area contributed by atoms with E-state index in [0.717, 1.165) is 55.5 Å². The number of sulfonamides is 1. The summed E-state index contributed by atoms with van der Waals surface area (Å²) in [6, 6.07) is 14.4. The number of carbonyl (C=O) groups excluding carboxylic acids is 1. The summed E-state index contributed by atoms with van der Waals surface area (Å²) in [5, 5.41) is 0. The summed E-state index contributed by atoms with van der Waals surface area (Å²) in [5.41, 5.74) is 3.94. The molecule has 1 spiro atoms. The summed E-state index contributed by atoms with van der Waals surface area (Å²) in [6.45, 7) is 17.0. The summed E-state index contributed by atoms with van der Waals surface area (Å²) in [7, 11) is -4.13. The largest absolute Gasteiger partial charge is 0.475 e. The van der Waals surface area contributed by atoms with E-state index in [1.807, 2.05) is 36.9 Å². The van der Waals surface area contributed by atoms with Crippen molar-refractivity contribution >= 4 is 21.9 Å². The molecule has 10 nitrogen and oxygen atoms in total. The van der Waals surface area contributed by atoms with Gasteiger partial charge in [-0.15, -0.1) is 0 Å². The van der Waals surface area contributed by atoms with Crippen molar-refractivity contribution in [3.8, 4) is 17.1 Å². The Balaban J connectivity index is 1.23. The Hall–Kier alpha value is -3.54. The van der Waals surface area contributed by atoms with Gasteiger partial charge in [0.2, 0.25) is 11.8 Å². The molecule has 3 fully saturated rings. The first-order valence-corrected chi connectivity index (χ1v) is 19.5. The third kappa shape index (κ3) is 7.01. The minimum Gasteiger partial charge on any atom is -0.475 e. The molecular formula is C39H51N5O5S. The van der Waals surface area contributed by atoms with E-state index in [4.69, 9.17) is 9.47 Å². The van der Waals surface area contributed by atoms with Crippen molar-refractivity contribution in [2.45, 2.75) is 116 Å². The Labute approximate surface area is 297 Å². The molecule has 2 saturated carbocycles. The number of aryl methyl sites for hydroxylation is 2. The van der Waals surface area contributed by atoms with E-state index >= 15 is 0 Å². The Kier molecular flexibility index (Phi) is 9.00. The predicted octanol–water partition coefficient (Wildman–Crippen LogP) is 6.62. The van der Waals surface area contributed by atoms with E-state index in [9.17, 15) is 13.2 Å². The zero-order valence-electron chi connectivity index (χ0n) is 30.4. The Morgan fingerprint density at radius 1 is 0.920 bits per heavy atom. The van der Waals surface area contributed by atoms with E-state index in [0.29, 0.717) is 23.7 Å². The van der Waals surface area contributed by atoms with Crippen LogP contribution in [0.5, 0.6) is 5.88 Å². The summed E-state index contributed by atoms with van der Waals surface area (Å²) in [4.78, 5) is 28.5. The molecular weight excluding hydrogens is 651 g/mol. The van der Waals surface area contributed by atoms with Gasteiger partial charge in [0.25, 0.3) is 15.9 Å². The molecule has 2 aromatic carbocycles. The first-order chi connectivity index (χ1) is 23.6. The molecule has 1 saturated heterocycles. The van der Waals surface area contributed by atoms with Crippen molar-refractivity contribution in [2.24, 2.45) is 10.8 Å². The first-order valence-electron chi connectivity index (χ1n) is 18.0. The van der Waals surface area contributed by atoms with Crippen LogP contribution in [0.1, 0.15) is 88.2 Å². The molecule has 4 bridgehead atoms. The standard InChI is InChI=1S/C39H51N5O5S/c1-24-10-8-11-25(2)35(24)33-15-34-41-37(40-33)42-50(46,47)32-13-9-12-28(14-32)36(45)44(31(23-48-34)16-38(5,6)7)30-19-39(20-30)17-29(18-39)43-21-26(3)49-27(4)22-43/h8-15,26-27,29-31H,16-23H2,1-7H3,(H,40,41,42)/t26-,27+,29?,30?,31-,39?/m1/s1. The Bertz CT molecular complexity index is 1850. The number of benzene rings is 2. The number of fused-ring (bicyclic) bond motifs is 4. The Morgan fingerprint density at radius 2 is 1.56 bits per heavy atom. The van der Waals surface area contributed by atoms with Crippen LogP contribution in [0.25, 0.3) is 11.3 Å². The second kappa shape index (κ2) is 12.9. The van der Waals surface area contributed by atoms with E-state index in [1.165, 1.54) is 12.1 Å². The van der Waals surface area contributed by atoms with Crippen LogP contribution in [0.2, 0.25) is 0 Å². The summed E-state index contributed by atoms with van der Waals surface area (Å²) in [5.74, 6) is 0.0121. The highest BCUT2D eigenvalue weighted by Crippen LogP contribution is 2.59. The molecule has 268 valence electrons. The van der Waals surface area contributed by atoms with Gasteiger partial charge in [-0.25, -0.2) is 18.1 Å². The monoisotopic (exact) mass is 701 g/mol. The number of ether oxygens (including phenoxy) is 2. The van der Waals surface area contributed by atoms with Crippen LogP contribution in [-0.2, 0) is 14.8 Å².